The summed E-state index contributed by atoms with van der Waals surface area (Å²) >= 11 is 0. The Labute approximate surface area is 170 Å². The number of aryl methyl sites for hydroxylation is 2. The van der Waals surface area contributed by atoms with Crippen LogP contribution in [0.5, 0.6) is 5.75 Å². The molecule has 2 rings (SSSR count). The molecule has 158 valence electrons. The van der Waals surface area contributed by atoms with Gasteiger partial charge in [0.2, 0.25) is 0 Å². The first-order valence-electron chi connectivity index (χ1n) is 10.4. The number of hydrogen-bond donors (Lipinski definition) is 1. The van der Waals surface area contributed by atoms with E-state index in [-0.39, 0.29) is 0 Å². The molecule has 0 radical (unpaired) electrons. The van der Waals surface area contributed by atoms with Gasteiger partial charge in [-0.3, -0.25) is 4.99 Å². The summed E-state index contributed by atoms with van der Waals surface area (Å²) in [5.74, 6) is 2.41. The molecule has 0 aromatic heterocycles. The number of guanidine groups is 1. The third-order valence-corrected chi connectivity index (χ3v) is 4.67. The van der Waals surface area contributed by atoms with Gasteiger partial charge in [-0.2, -0.15) is 0 Å². The summed E-state index contributed by atoms with van der Waals surface area (Å²) in [7, 11) is 2.04. The highest BCUT2D eigenvalue weighted by Gasteiger charge is 2.15. The van der Waals surface area contributed by atoms with Crippen LogP contribution in [0.3, 0.4) is 0 Å². The Morgan fingerprint density at radius 1 is 1.25 bits per heavy atom. The predicted molar refractivity (Wildman–Crippen MR) is 114 cm³/mol. The molecule has 0 aliphatic carbocycles. The molecule has 6 heteroatoms. The van der Waals surface area contributed by atoms with E-state index in [1.54, 1.807) is 0 Å². The van der Waals surface area contributed by atoms with Gasteiger partial charge in [-0.15, -0.1) is 0 Å². The van der Waals surface area contributed by atoms with Crippen molar-refractivity contribution in [3.63, 3.8) is 0 Å². The van der Waals surface area contributed by atoms with Gasteiger partial charge < -0.3 is 24.4 Å². The zero-order chi connectivity index (χ0) is 20.2. The van der Waals surface area contributed by atoms with Crippen LogP contribution in [0.4, 0.5) is 0 Å². The molecule has 1 unspecified atom stereocenters. The summed E-state index contributed by atoms with van der Waals surface area (Å²) in [6.45, 7) is 12.5. The van der Waals surface area contributed by atoms with Crippen molar-refractivity contribution >= 4 is 5.96 Å². The lowest BCUT2D eigenvalue weighted by atomic mass is 10.1. The maximum atomic E-state index is 5.92. The summed E-state index contributed by atoms with van der Waals surface area (Å²) in [5.41, 5.74) is 2.45. The maximum absolute atomic E-state index is 5.92. The number of aliphatic imine (C=N–C) groups is 1. The Balaban J connectivity index is 1.67. The minimum absolute atomic E-state index is 0.573. The van der Waals surface area contributed by atoms with Crippen molar-refractivity contribution in [3.05, 3.63) is 29.3 Å². The van der Waals surface area contributed by atoms with Crippen LogP contribution in [0.15, 0.2) is 23.2 Å². The van der Waals surface area contributed by atoms with Crippen LogP contribution < -0.4 is 10.1 Å². The molecule has 1 atom stereocenters. The van der Waals surface area contributed by atoms with Gasteiger partial charge in [-0.25, -0.2) is 0 Å². The van der Waals surface area contributed by atoms with Crippen LogP contribution in [-0.4, -0.2) is 70.6 Å². The second-order valence-electron chi connectivity index (χ2n) is 7.49. The molecule has 6 nitrogen and oxygen atoms in total. The third kappa shape index (κ3) is 8.48. The molecule has 28 heavy (non-hydrogen) atoms. The van der Waals surface area contributed by atoms with Crippen LogP contribution in [0.2, 0.25) is 0 Å². The molecule has 1 aromatic rings. The summed E-state index contributed by atoms with van der Waals surface area (Å²) in [4.78, 5) is 6.82. The number of hydrogen-bond acceptors (Lipinski definition) is 4. The third-order valence-electron chi connectivity index (χ3n) is 4.67. The smallest absolute Gasteiger partial charge is 0.193 e. The average Bonchev–Trinajstić information content (AvgIpc) is 3.16. The van der Waals surface area contributed by atoms with E-state index in [9.17, 15) is 0 Å². The number of rotatable bonds is 11. The molecular weight excluding hydrogens is 354 g/mol. The van der Waals surface area contributed by atoms with Crippen LogP contribution in [-0.2, 0) is 9.47 Å². The summed E-state index contributed by atoms with van der Waals surface area (Å²) in [5, 5.41) is 3.35. The van der Waals surface area contributed by atoms with Gasteiger partial charge in [-0.05, 0) is 56.9 Å². The fourth-order valence-corrected chi connectivity index (χ4v) is 3.21. The highest BCUT2D eigenvalue weighted by molar-refractivity contribution is 5.79. The summed E-state index contributed by atoms with van der Waals surface area (Å²) in [6.07, 6.45) is 2.05. The molecule has 1 saturated heterocycles. The van der Waals surface area contributed by atoms with Crippen LogP contribution in [0.25, 0.3) is 0 Å². The minimum Gasteiger partial charge on any atom is -0.492 e. The van der Waals surface area contributed by atoms with E-state index in [4.69, 9.17) is 19.2 Å². The van der Waals surface area contributed by atoms with E-state index >= 15 is 0 Å². The van der Waals surface area contributed by atoms with Crippen LogP contribution in [0.1, 0.15) is 30.9 Å². The van der Waals surface area contributed by atoms with E-state index in [1.807, 2.05) is 7.05 Å². The first-order valence-corrected chi connectivity index (χ1v) is 10.4. The molecule has 0 spiro atoms. The van der Waals surface area contributed by atoms with Gasteiger partial charge in [-0.1, -0.05) is 6.07 Å². The Bertz CT molecular complexity index is 580. The lowest BCUT2D eigenvalue weighted by molar-refractivity contribution is 0.0893. The summed E-state index contributed by atoms with van der Waals surface area (Å²) in [6, 6.07) is 6.30. The van der Waals surface area contributed by atoms with Crippen molar-refractivity contribution in [1.29, 1.82) is 0 Å². The highest BCUT2D eigenvalue weighted by Crippen LogP contribution is 2.16. The Morgan fingerprint density at radius 3 is 2.71 bits per heavy atom. The van der Waals surface area contributed by atoms with Crippen molar-refractivity contribution in [2.45, 2.75) is 33.6 Å². The SMILES string of the molecule is CCNC(=NCCCOCC1CCOC1)N(C)CCOc1cc(C)cc(C)c1. The molecule has 1 heterocycles. The Kier molecular flexibility index (Phi) is 10.1. The highest BCUT2D eigenvalue weighted by atomic mass is 16.5. The zero-order valence-electron chi connectivity index (χ0n) is 18.0. The largest absolute Gasteiger partial charge is 0.492 e. The Hall–Kier alpha value is -1.79. The lowest BCUT2D eigenvalue weighted by Crippen LogP contribution is -2.41. The lowest BCUT2D eigenvalue weighted by Gasteiger charge is -2.22. The standard InChI is InChI=1S/C22H37N3O3/c1-5-23-22(24-8-6-10-26-16-20-7-11-27-17-20)25(4)9-12-28-21-14-18(2)13-19(3)15-21/h13-15,20H,5-12,16-17H2,1-4H3,(H,23,24). The topological polar surface area (TPSA) is 55.3 Å². The van der Waals surface area contributed by atoms with Gasteiger partial charge in [0.15, 0.2) is 5.96 Å². The number of nitrogens with one attached hydrogen (secondary N) is 1. The van der Waals surface area contributed by atoms with Gasteiger partial charge >= 0.3 is 0 Å². The number of benzene rings is 1. The zero-order valence-corrected chi connectivity index (χ0v) is 18.0. The van der Waals surface area contributed by atoms with Crippen molar-refractivity contribution in [1.82, 2.24) is 10.2 Å². The van der Waals surface area contributed by atoms with E-state index in [1.165, 1.54) is 11.1 Å². The van der Waals surface area contributed by atoms with Crippen molar-refractivity contribution in [2.24, 2.45) is 10.9 Å². The molecule has 0 amide bonds. The average molecular weight is 392 g/mol. The number of nitrogens with zero attached hydrogens (tertiary/aromatic N) is 2. The van der Waals surface area contributed by atoms with Gasteiger partial charge in [0.25, 0.3) is 0 Å². The molecule has 1 aliphatic heterocycles. The second-order valence-corrected chi connectivity index (χ2v) is 7.49. The molecule has 1 fully saturated rings. The van der Waals surface area contributed by atoms with Crippen LogP contribution in [0, 0.1) is 19.8 Å². The molecular formula is C22H37N3O3. The van der Waals surface area contributed by atoms with E-state index in [2.05, 4.69) is 49.2 Å². The molecule has 1 aliphatic rings. The second kappa shape index (κ2) is 12.6. The number of likely N-dealkylation sites (N-methyl/N-ethyl adjacent to an activating group) is 1. The fraction of sp³-hybridized carbons (Fsp3) is 0.682. The Morgan fingerprint density at radius 2 is 2.04 bits per heavy atom. The molecule has 1 N–H and O–H groups in total. The van der Waals surface area contributed by atoms with E-state index in [0.29, 0.717) is 12.5 Å². The molecule has 1 aromatic carbocycles. The fourth-order valence-electron chi connectivity index (χ4n) is 3.21. The normalized spacial score (nSPS) is 17.0. The summed E-state index contributed by atoms with van der Waals surface area (Å²) < 4.78 is 17.0. The van der Waals surface area contributed by atoms with Gasteiger partial charge in [0.05, 0.1) is 19.8 Å². The van der Waals surface area contributed by atoms with E-state index in [0.717, 1.165) is 70.6 Å². The first kappa shape index (κ1) is 22.5. The monoisotopic (exact) mass is 391 g/mol. The maximum Gasteiger partial charge on any atom is 0.193 e. The van der Waals surface area contributed by atoms with E-state index < -0.39 is 0 Å². The minimum atomic E-state index is 0.573. The van der Waals surface area contributed by atoms with Crippen molar-refractivity contribution in [2.75, 3.05) is 59.7 Å². The number of ether oxygens (including phenoxy) is 3. The van der Waals surface area contributed by atoms with Gasteiger partial charge in [0.1, 0.15) is 12.4 Å². The first-order chi connectivity index (χ1) is 13.6. The molecule has 0 bridgehead atoms. The predicted octanol–water partition coefficient (Wildman–Crippen LogP) is 3.02. The van der Waals surface area contributed by atoms with Crippen LogP contribution >= 0.6 is 0 Å². The quantitative estimate of drug-likeness (QED) is 0.357. The van der Waals surface area contributed by atoms with Crippen molar-refractivity contribution in [3.8, 4) is 5.75 Å². The van der Waals surface area contributed by atoms with Crippen molar-refractivity contribution < 1.29 is 14.2 Å². The van der Waals surface area contributed by atoms with Gasteiger partial charge in [0, 0.05) is 39.3 Å². The molecule has 0 saturated carbocycles.